The molecule has 0 saturated carbocycles. The molecule has 100 valence electrons. The molecule has 0 fully saturated rings. The molecule has 0 atom stereocenters. The van der Waals surface area contributed by atoms with E-state index in [4.69, 9.17) is 5.73 Å². The molecule has 0 radical (unpaired) electrons. The number of anilines is 2. The van der Waals surface area contributed by atoms with Crippen molar-refractivity contribution in [2.24, 2.45) is 0 Å². The molecule has 0 saturated heterocycles. The maximum Gasteiger partial charge on any atom is 0.246 e. The number of hydrogen-bond acceptors (Lipinski definition) is 3. The molecule has 2 aromatic rings. The normalized spacial score (nSPS) is 10.5. The van der Waals surface area contributed by atoms with Crippen molar-refractivity contribution >= 4 is 33.3 Å². The van der Waals surface area contributed by atoms with E-state index in [0.717, 1.165) is 12.1 Å². The minimum Gasteiger partial charge on any atom is -0.382 e. The maximum absolute atomic E-state index is 13.5. The highest BCUT2D eigenvalue weighted by Crippen LogP contribution is 2.23. The van der Waals surface area contributed by atoms with Crippen LogP contribution in [0.25, 0.3) is 0 Å². The topological polar surface area (TPSA) is 72.9 Å². The van der Waals surface area contributed by atoms with Crippen LogP contribution in [0.1, 0.15) is 0 Å². The Labute approximate surface area is 115 Å². The second-order valence-corrected chi connectivity index (χ2v) is 4.59. The van der Waals surface area contributed by atoms with Crippen molar-refractivity contribution in [3.05, 3.63) is 40.5 Å². The summed E-state index contributed by atoms with van der Waals surface area (Å²) < 4.78 is 28.0. The van der Waals surface area contributed by atoms with Gasteiger partial charge in [-0.15, -0.1) is 0 Å². The van der Waals surface area contributed by atoms with Gasteiger partial charge in [0.25, 0.3) is 0 Å². The molecule has 0 spiro atoms. The zero-order valence-corrected chi connectivity index (χ0v) is 11.1. The van der Waals surface area contributed by atoms with E-state index < -0.39 is 17.5 Å². The molecule has 0 aliphatic rings. The summed E-state index contributed by atoms with van der Waals surface area (Å²) in [6.45, 7) is -0.145. The van der Waals surface area contributed by atoms with Crippen LogP contribution in [0.5, 0.6) is 0 Å². The number of carbonyl (C=O) groups excluding carboxylic acids is 1. The molecule has 0 aliphatic carbocycles. The molecule has 1 amide bonds. The van der Waals surface area contributed by atoms with E-state index in [1.807, 2.05) is 0 Å². The first-order valence-corrected chi connectivity index (χ1v) is 5.98. The fourth-order valence-corrected chi connectivity index (χ4v) is 1.74. The van der Waals surface area contributed by atoms with Crippen LogP contribution in [-0.4, -0.2) is 15.7 Å². The van der Waals surface area contributed by atoms with Gasteiger partial charge in [-0.2, -0.15) is 5.10 Å². The van der Waals surface area contributed by atoms with E-state index in [-0.39, 0.29) is 22.5 Å². The maximum atomic E-state index is 13.5. The van der Waals surface area contributed by atoms with Crippen LogP contribution < -0.4 is 11.1 Å². The second kappa shape index (κ2) is 5.35. The Morgan fingerprint density at radius 3 is 2.79 bits per heavy atom. The Hall–Kier alpha value is -1.96. The number of nitrogens with two attached hydrogens (primary N) is 1. The number of amides is 1. The summed E-state index contributed by atoms with van der Waals surface area (Å²) in [6.07, 6.45) is 1.51. The molecule has 0 aliphatic heterocycles. The van der Waals surface area contributed by atoms with Crippen molar-refractivity contribution in [1.29, 1.82) is 0 Å². The number of hydrogen-bond donors (Lipinski definition) is 2. The van der Waals surface area contributed by atoms with Gasteiger partial charge >= 0.3 is 0 Å². The Kier molecular flexibility index (Phi) is 3.79. The Morgan fingerprint density at radius 2 is 2.16 bits per heavy atom. The Bertz CT molecular complexity index is 629. The van der Waals surface area contributed by atoms with E-state index in [1.54, 1.807) is 0 Å². The lowest BCUT2D eigenvalue weighted by atomic mass is 10.3. The number of carbonyl (C=O) groups is 1. The minimum absolute atomic E-state index is 0.0113. The predicted octanol–water partition coefficient (Wildman–Crippen LogP) is 2.14. The number of aromatic nitrogens is 2. The Morgan fingerprint density at radius 1 is 1.42 bits per heavy atom. The largest absolute Gasteiger partial charge is 0.382 e. The highest BCUT2D eigenvalue weighted by molar-refractivity contribution is 9.10. The van der Waals surface area contributed by atoms with Crippen molar-refractivity contribution in [2.45, 2.75) is 6.54 Å². The number of halogens is 3. The van der Waals surface area contributed by atoms with Gasteiger partial charge in [0.05, 0.1) is 10.2 Å². The highest BCUT2D eigenvalue weighted by atomic mass is 79.9. The van der Waals surface area contributed by atoms with Crippen LogP contribution in [0.2, 0.25) is 0 Å². The summed E-state index contributed by atoms with van der Waals surface area (Å²) in [6, 6.07) is 3.36. The molecule has 3 N–H and O–H groups in total. The van der Waals surface area contributed by atoms with Crippen LogP contribution in [0.3, 0.4) is 0 Å². The summed E-state index contributed by atoms with van der Waals surface area (Å²) in [5.41, 5.74) is 5.16. The van der Waals surface area contributed by atoms with Crippen molar-refractivity contribution in [1.82, 2.24) is 9.78 Å². The molecule has 1 aromatic carbocycles. The van der Waals surface area contributed by atoms with Gasteiger partial charge in [0, 0.05) is 12.3 Å². The minimum atomic E-state index is -0.735. The average Bonchev–Trinajstić information content (AvgIpc) is 2.71. The molecule has 19 heavy (non-hydrogen) atoms. The molecular weight excluding hydrogens is 322 g/mol. The lowest BCUT2D eigenvalue weighted by Gasteiger charge is -2.07. The highest BCUT2D eigenvalue weighted by Gasteiger charge is 2.11. The van der Waals surface area contributed by atoms with E-state index in [2.05, 4.69) is 26.3 Å². The van der Waals surface area contributed by atoms with Gasteiger partial charge in [-0.1, -0.05) is 0 Å². The summed E-state index contributed by atoms with van der Waals surface area (Å²) in [4.78, 5) is 11.6. The number of nitrogens with zero attached hydrogens (tertiary/aromatic N) is 2. The third kappa shape index (κ3) is 3.28. The molecule has 8 heteroatoms. The van der Waals surface area contributed by atoms with Gasteiger partial charge in [-0.05, 0) is 28.1 Å². The monoisotopic (exact) mass is 330 g/mol. The fourth-order valence-electron chi connectivity index (χ4n) is 1.42. The van der Waals surface area contributed by atoms with Crippen LogP contribution in [0.15, 0.2) is 28.9 Å². The van der Waals surface area contributed by atoms with Crippen LogP contribution in [0, 0.1) is 11.6 Å². The Balaban J connectivity index is 2.09. The summed E-state index contributed by atoms with van der Waals surface area (Å²) in [7, 11) is 0. The molecule has 2 rings (SSSR count). The van der Waals surface area contributed by atoms with Gasteiger partial charge < -0.3 is 11.1 Å². The van der Waals surface area contributed by atoms with E-state index >= 15 is 0 Å². The first-order valence-electron chi connectivity index (χ1n) is 5.19. The third-order valence-corrected chi connectivity index (χ3v) is 2.86. The van der Waals surface area contributed by atoms with Gasteiger partial charge in [0.2, 0.25) is 5.91 Å². The molecular formula is C11H9BrF2N4O. The van der Waals surface area contributed by atoms with Crippen LogP contribution in [0.4, 0.5) is 20.3 Å². The molecule has 0 unspecified atom stereocenters. The van der Waals surface area contributed by atoms with E-state index in [0.29, 0.717) is 0 Å². The quantitative estimate of drug-likeness (QED) is 0.847. The number of nitrogen functional groups attached to an aromatic ring is 1. The van der Waals surface area contributed by atoms with Crippen molar-refractivity contribution in [2.75, 3.05) is 11.1 Å². The lowest BCUT2D eigenvalue weighted by molar-refractivity contribution is -0.116. The summed E-state index contributed by atoms with van der Waals surface area (Å²) in [5, 5.41) is 6.06. The fraction of sp³-hybridized carbons (Fsp3) is 0.0909. The van der Waals surface area contributed by atoms with E-state index in [1.165, 1.54) is 16.9 Å². The molecule has 5 nitrogen and oxygen atoms in total. The van der Waals surface area contributed by atoms with Gasteiger partial charge in [-0.3, -0.25) is 9.48 Å². The van der Waals surface area contributed by atoms with Crippen molar-refractivity contribution < 1.29 is 13.6 Å². The molecule has 0 bridgehead atoms. The summed E-state index contributed by atoms with van der Waals surface area (Å²) >= 11 is 2.85. The van der Waals surface area contributed by atoms with Crippen molar-refractivity contribution in [3.63, 3.8) is 0 Å². The number of nitrogens with one attached hydrogen (secondary N) is 1. The SMILES string of the molecule is Nc1ccn(CC(=O)Nc2cc(F)c(Br)cc2F)n1. The zero-order chi connectivity index (χ0) is 14.0. The number of benzene rings is 1. The van der Waals surface area contributed by atoms with Crippen LogP contribution in [-0.2, 0) is 11.3 Å². The van der Waals surface area contributed by atoms with Crippen LogP contribution >= 0.6 is 15.9 Å². The predicted molar refractivity (Wildman–Crippen MR) is 69.3 cm³/mol. The second-order valence-electron chi connectivity index (χ2n) is 3.73. The van der Waals surface area contributed by atoms with Crippen molar-refractivity contribution in [3.8, 4) is 0 Å². The number of rotatable bonds is 3. The zero-order valence-electron chi connectivity index (χ0n) is 9.53. The lowest BCUT2D eigenvalue weighted by Crippen LogP contribution is -2.20. The molecule has 1 heterocycles. The third-order valence-electron chi connectivity index (χ3n) is 2.25. The first-order chi connectivity index (χ1) is 8.95. The van der Waals surface area contributed by atoms with E-state index in [9.17, 15) is 13.6 Å². The first kappa shape index (κ1) is 13.5. The van der Waals surface area contributed by atoms with Gasteiger partial charge in [-0.25, -0.2) is 8.78 Å². The summed E-state index contributed by atoms with van der Waals surface area (Å²) in [5.74, 6) is -1.67. The smallest absolute Gasteiger partial charge is 0.246 e. The molecule has 1 aromatic heterocycles. The standard InChI is InChI=1S/C11H9BrF2N4O/c12-6-3-8(14)9(4-7(6)13)16-11(19)5-18-2-1-10(15)17-18/h1-4H,5H2,(H2,15,17)(H,16,19). The average molecular weight is 331 g/mol. The van der Waals surface area contributed by atoms with Gasteiger partial charge in [0.15, 0.2) is 0 Å². The van der Waals surface area contributed by atoms with Gasteiger partial charge in [0.1, 0.15) is 24.0 Å².